The standard InChI is InChI=1S/C15H19ClN2O/c1-2-19-15-7-4-13(5-8-15)3-6-14(16)11-18-10-9-17-12-18/h4-5,7-10,12,14H,2-3,6,11H2,1H3. The first-order valence-electron chi connectivity index (χ1n) is 6.59. The normalized spacial score (nSPS) is 12.3. The van der Waals surface area contributed by atoms with Crippen LogP contribution in [0.25, 0.3) is 0 Å². The van der Waals surface area contributed by atoms with E-state index in [9.17, 15) is 0 Å². The molecule has 0 bridgehead atoms. The van der Waals surface area contributed by atoms with E-state index in [2.05, 4.69) is 17.1 Å². The number of hydrogen-bond acceptors (Lipinski definition) is 2. The zero-order chi connectivity index (χ0) is 13.5. The highest BCUT2D eigenvalue weighted by molar-refractivity contribution is 6.20. The maximum atomic E-state index is 6.33. The average molecular weight is 279 g/mol. The first-order valence-corrected chi connectivity index (χ1v) is 7.03. The van der Waals surface area contributed by atoms with E-state index in [0.717, 1.165) is 25.1 Å². The van der Waals surface area contributed by atoms with Crippen LogP contribution in [0, 0.1) is 0 Å². The van der Waals surface area contributed by atoms with Crippen LogP contribution in [-0.2, 0) is 13.0 Å². The molecule has 1 atom stereocenters. The van der Waals surface area contributed by atoms with E-state index >= 15 is 0 Å². The van der Waals surface area contributed by atoms with E-state index in [-0.39, 0.29) is 5.38 Å². The molecule has 0 aliphatic rings. The van der Waals surface area contributed by atoms with Crippen LogP contribution < -0.4 is 4.74 Å². The smallest absolute Gasteiger partial charge is 0.119 e. The molecule has 3 nitrogen and oxygen atoms in total. The van der Waals surface area contributed by atoms with Crippen LogP contribution in [0.5, 0.6) is 5.75 Å². The lowest BCUT2D eigenvalue weighted by molar-refractivity contribution is 0.340. The van der Waals surface area contributed by atoms with E-state index in [4.69, 9.17) is 16.3 Å². The maximum Gasteiger partial charge on any atom is 0.119 e. The molecule has 1 aromatic carbocycles. The van der Waals surface area contributed by atoms with Crippen LogP contribution in [0.2, 0.25) is 0 Å². The number of nitrogens with zero attached hydrogens (tertiary/aromatic N) is 2. The quantitative estimate of drug-likeness (QED) is 0.725. The summed E-state index contributed by atoms with van der Waals surface area (Å²) < 4.78 is 7.43. The SMILES string of the molecule is CCOc1ccc(CCC(Cl)Cn2ccnc2)cc1. The lowest BCUT2D eigenvalue weighted by atomic mass is 10.1. The van der Waals surface area contributed by atoms with Crippen molar-refractivity contribution in [2.24, 2.45) is 0 Å². The minimum Gasteiger partial charge on any atom is -0.494 e. The minimum atomic E-state index is 0.126. The number of aromatic nitrogens is 2. The molecule has 1 heterocycles. The Labute approximate surface area is 119 Å². The van der Waals surface area contributed by atoms with Gasteiger partial charge in [-0.05, 0) is 37.5 Å². The van der Waals surface area contributed by atoms with Crippen LogP contribution in [0.15, 0.2) is 43.0 Å². The van der Waals surface area contributed by atoms with Gasteiger partial charge in [-0.1, -0.05) is 12.1 Å². The molecule has 0 radical (unpaired) electrons. The van der Waals surface area contributed by atoms with E-state index in [1.807, 2.05) is 29.8 Å². The predicted molar refractivity (Wildman–Crippen MR) is 77.8 cm³/mol. The summed E-state index contributed by atoms with van der Waals surface area (Å²) in [7, 11) is 0. The van der Waals surface area contributed by atoms with Crippen LogP contribution >= 0.6 is 11.6 Å². The van der Waals surface area contributed by atoms with Gasteiger partial charge in [0, 0.05) is 18.9 Å². The van der Waals surface area contributed by atoms with Gasteiger partial charge in [-0.3, -0.25) is 0 Å². The van der Waals surface area contributed by atoms with Crippen LogP contribution in [0.4, 0.5) is 0 Å². The molecule has 0 spiro atoms. The second-order valence-corrected chi connectivity index (χ2v) is 5.09. The molecular weight excluding hydrogens is 260 g/mol. The Morgan fingerprint density at radius 2 is 2.11 bits per heavy atom. The average Bonchev–Trinajstić information content (AvgIpc) is 2.91. The zero-order valence-corrected chi connectivity index (χ0v) is 11.9. The van der Waals surface area contributed by atoms with Gasteiger partial charge < -0.3 is 9.30 Å². The number of imidazole rings is 1. The molecule has 0 saturated heterocycles. The van der Waals surface area contributed by atoms with Crippen molar-refractivity contribution < 1.29 is 4.74 Å². The number of ether oxygens (including phenoxy) is 1. The van der Waals surface area contributed by atoms with Gasteiger partial charge in [-0.2, -0.15) is 0 Å². The molecule has 102 valence electrons. The van der Waals surface area contributed by atoms with Crippen LogP contribution in [0.3, 0.4) is 0 Å². The highest BCUT2D eigenvalue weighted by Crippen LogP contribution is 2.15. The molecule has 0 aliphatic heterocycles. The van der Waals surface area contributed by atoms with Crippen molar-refractivity contribution in [3.63, 3.8) is 0 Å². The molecule has 2 rings (SSSR count). The monoisotopic (exact) mass is 278 g/mol. The topological polar surface area (TPSA) is 27.1 Å². The third-order valence-corrected chi connectivity index (χ3v) is 3.30. The predicted octanol–water partition coefficient (Wildman–Crippen LogP) is 3.52. The van der Waals surface area contributed by atoms with Crippen molar-refractivity contribution in [3.8, 4) is 5.75 Å². The van der Waals surface area contributed by atoms with Gasteiger partial charge in [0.05, 0.1) is 18.3 Å². The Morgan fingerprint density at radius 3 is 2.74 bits per heavy atom. The summed E-state index contributed by atoms with van der Waals surface area (Å²) >= 11 is 6.33. The second kappa shape index (κ2) is 7.19. The van der Waals surface area contributed by atoms with Gasteiger partial charge in [0.1, 0.15) is 5.75 Å². The number of alkyl halides is 1. The summed E-state index contributed by atoms with van der Waals surface area (Å²) in [6.07, 6.45) is 7.44. The lowest BCUT2D eigenvalue weighted by Gasteiger charge is -2.10. The molecule has 1 aromatic heterocycles. The van der Waals surface area contributed by atoms with E-state index < -0.39 is 0 Å². The van der Waals surface area contributed by atoms with Crippen molar-refractivity contribution in [2.45, 2.75) is 31.7 Å². The van der Waals surface area contributed by atoms with Gasteiger partial charge in [0.2, 0.25) is 0 Å². The van der Waals surface area contributed by atoms with Gasteiger partial charge in [-0.25, -0.2) is 4.98 Å². The molecular formula is C15H19ClN2O. The first kappa shape index (κ1) is 13.9. The summed E-state index contributed by atoms with van der Waals surface area (Å²) in [4.78, 5) is 4.01. The fraction of sp³-hybridized carbons (Fsp3) is 0.400. The largest absolute Gasteiger partial charge is 0.494 e. The molecule has 4 heteroatoms. The van der Waals surface area contributed by atoms with Gasteiger partial charge in [-0.15, -0.1) is 11.6 Å². The Morgan fingerprint density at radius 1 is 1.32 bits per heavy atom. The van der Waals surface area contributed by atoms with E-state index in [1.165, 1.54) is 5.56 Å². The third-order valence-electron chi connectivity index (χ3n) is 2.95. The summed E-state index contributed by atoms with van der Waals surface area (Å²) in [5.41, 5.74) is 1.29. The van der Waals surface area contributed by atoms with E-state index in [0.29, 0.717) is 6.61 Å². The number of hydrogen-bond donors (Lipinski definition) is 0. The van der Waals surface area contributed by atoms with E-state index in [1.54, 1.807) is 12.5 Å². The van der Waals surface area contributed by atoms with Gasteiger partial charge in [0.15, 0.2) is 0 Å². The highest BCUT2D eigenvalue weighted by Gasteiger charge is 2.06. The zero-order valence-electron chi connectivity index (χ0n) is 11.1. The number of rotatable bonds is 7. The maximum absolute atomic E-state index is 6.33. The summed E-state index contributed by atoms with van der Waals surface area (Å²) in [6.45, 7) is 3.49. The van der Waals surface area contributed by atoms with Crippen molar-refractivity contribution in [2.75, 3.05) is 6.61 Å². The molecule has 1 unspecified atom stereocenters. The Kier molecular flexibility index (Phi) is 5.28. The van der Waals surface area contributed by atoms with Crippen LogP contribution in [0.1, 0.15) is 18.9 Å². The summed E-state index contributed by atoms with van der Waals surface area (Å²) in [5, 5.41) is 0.126. The second-order valence-electron chi connectivity index (χ2n) is 4.47. The molecule has 19 heavy (non-hydrogen) atoms. The van der Waals surface area contributed by atoms with Crippen LogP contribution in [-0.4, -0.2) is 21.5 Å². The Balaban J connectivity index is 1.78. The summed E-state index contributed by atoms with van der Waals surface area (Å²) in [5.74, 6) is 0.923. The summed E-state index contributed by atoms with van der Waals surface area (Å²) in [6, 6.07) is 8.23. The lowest BCUT2D eigenvalue weighted by Crippen LogP contribution is -2.10. The fourth-order valence-electron chi connectivity index (χ4n) is 1.96. The Hall–Kier alpha value is -1.48. The minimum absolute atomic E-state index is 0.126. The molecule has 2 aromatic rings. The number of benzene rings is 1. The first-order chi connectivity index (χ1) is 9.28. The van der Waals surface area contributed by atoms with Gasteiger partial charge in [0.25, 0.3) is 0 Å². The number of halogens is 1. The van der Waals surface area contributed by atoms with Gasteiger partial charge >= 0.3 is 0 Å². The fourth-order valence-corrected chi connectivity index (χ4v) is 2.23. The molecule has 0 fully saturated rings. The Bertz CT molecular complexity index is 467. The molecule has 0 amide bonds. The van der Waals surface area contributed by atoms with Crippen molar-refractivity contribution in [1.29, 1.82) is 0 Å². The molecule has 0 saturated carbocycles. The van der Waals surface area contributed by atoms with Crippen molar-refractivity contribution in [3.05, 3.63) is 48.5 Å². The molecule has 0 N–H and O–H groups in total. The molecule has 0 aliphatic carbocycles. The number of aryl methyl sites for hydroxylation is 1. The van der Waals surface area contributed by atoms with Crippen molar-refractivity contribution >= 4 is 11.6 Å². The highest BCUT2D eigenvalue weighted by atomic mass is 35.5. The third kappa shape index (κ3) is 4.60. The van der Waals surface area contributed by atoms with Crippen molar-refractivity contribution in [1.82, 2.24) is 9.55 Å².